The fourth-order valence-electron chi connectivity index (χ4n) is 1.85. The van der Waals surface area contributed by atoms with Gasteiger partial charge in [0.1, 0.15) is 16.5 Å². The van der Waals surface area contributed by atoms with Gasteiger partial charge < -0.3 is 10.4 Å². The van der Waals surface area contributed by atoms with E-state index in [0.717, 1.165) is 13.0 Å². The first kappa shape index (κ1) is 12.2. The Hall–Kier alpha value is -1.29. The number of rotatable bonds is 5. The van der Waals surface area contributed by atoms with Crippen molar-refractivity contribution in [3.63, 3.8) is 0 Å². The summed E-state index contributed by atoms with van der Waals surface area (Å²) in [5, 5.41) is 12.5. The highest BCUT2D eigenvalue weighted by Crippen LogP contribution is 2.48. The van der Waals surface area contributed by atoms with Gasteiger partial charge in [0.2, 0.25) is 0 Å². The predicted molar refractivity (Wildman–Crippen MR) is 66.7 cm³/mol. The zero-order valence-corrected chi connectivity index (χ0v) is 10.4. The number of carbonyl (C=O) groups is 1. The molecule has 0 saturated heterocycles. The summed E-state index contributed by atoms with van der Waals surface area (Å²) in [6.45, 7) is 2.91. The molecule has 0 amide bonds. The maximum absolute atomic E-state index is 11.0. The lowest BCUT2D eigenvalue weighted by molar-refractivity contribution is 0.0697. The van der Waals surface area contributed by atoms with Gasteiger partial charge in [-0.3, -0.25) is 0 Å². The summed E-state index contributed by atoms with van der Waals surface area (Å²) in [5.41, 5.74) is 0.501. The van der Waals surface area contributed by atoms with Crippen LogP contribution in [0.1, 0.15) is 36.5 Å². The van der Waals surface area contributed by atoms with Gasteiger partial charge in [0.15, 0.2) is 0 Å². The minimum Gasteiger partial charge on any atom is -0.478 e. The first-order chi connectivity index (χ1) is 8.06. The molecular weight excluding hydrogens is 240 g/mol. The van der Waals surface area contributed by atoms with E-state index in [-0.39, 0.29) is 5.56 Å². The van der Waals surface area contributed by atoms with Gasteiger partial charge >= 0.3 is 5.97 Å². The Labute approximate surface area is 105 Å². The van der Waals surface area contributed by atoms with E-state index in [1.807, 2.05) is 0 Å². The second-order valence-electron chi connectivity index (χ2n) is 4.54. The molecular formula is C12H15ClN2O2. The van der Waals surface area contributed by atoms with Crippen molar-refractivity contribution in [2.45, 2.75) is 26.2 Å². The van der Waals surface area contributed by atoms with Crippen molar-refractivity contribution in [1.82, 2.24) is 4.98 Å². The van der Waals surface area contributed by atoms with Crippen LogP contribution < -0.4 is 5.32 Å². The maximum atomic E-state index is 11.0. The van der Waals surface area contributed by atoms with Gasteiger partial charge in [-0.05, 0) is 36.8 Å². The Morgan fingerprint density at radius 2 is 2.29 bits per heavy atom. The fraction of sp³-hybridized carbons (Fsp3) is 0.500. The molecule has 0 bridgehead atoms. The number of carboxylic acid groups (broad SMARTS) is 1. The monoisotopic (exact) mass is 254 g/mol. The van der Waals surface area contributed by atoms with Crippen LogP contribution in [0.15, 0.2) is 12.1 Å². The summed E-state index contributed by atoms with van der Waals surface area (Å²) in [4.78, 5) is 15.1. The van der Waals surface area contributed by atoms with Gasteiger partial charge in [0.25, 0.3) is 0 Å². The molecule has 1 fully saturated rings. The fourth-order valence-corrected chi connectivity index (χ4v) is 1.99. The standard InChI is InChI=1S/C12H15ClN2O2/c1-2-12(5-6-12)7-14-10-8(11(16)17)3-4-9(13)15-10/h3-4H,2,5-7H2,1H3,(H,14,15)(H,16,17). The van der Waals surface area contributed by atoms with Crippen LogP contribution in [-0.4, -0.2) is 22.6 Å². The van der Waals surface area contributed by atoms with Crippen molar-refractivity contribution < 1.29 is 9.90 Å². The number of hydrogen-bond donors (Lipinski definition) is 2. The Kier molecular flexibility index (Phi) is 3.24. The van der Waals surface area contributed by atoms with Gasteiger partial charge in [0.05, 0.1) is 0 Å². The Balaban J connectivity index is 2.13. The number of pyridine rings is 1. The minimum absolute atomic E-state index is 0.168. The molecule has 1 aromatic rings. The second-order valence-corrected chi connectivity index (χ2v) is 4.93. The average Bonchev–Trinajstić information content (AvgIpc) is 3.07. The molecule has 92 valence electrons. The average molecular weight is 255 g/mol. The van der Waals surface area contributed by atoms with E-state index >= 15 is 0 Å². The molecule has 4 nitrogen and oxygen atoms in total. The van der Waals surface area contributed by atoms with Gasteiger partial charge in [-0.1, -0.05) is 18.5 Å². The third-order valence-corrected chi connectivity index (χ3v) is 3.64. The first-order valence-corrected chi connectivity index (χ1v) is 6.08. The number of aromatic nitrogens is 1. The number of carboxylic acids is 1. The van der Waals surface area contributed by atoms with Gasteiger partial charge in [-0.15, -0.1) is 0 Å². The molecule has 0 radical (unpaired) electrons. The van der Waals surface area contributed by atoms with Crippen LogP contribution in [0.5, 0.6) is 0 Å². The van der Waals surface area contributed by atoms with Crippen LogP contribution in [0.25, 0.3) is 0 Å². The van der Waals surface area contributed by atoms with Crippen LogP contribution in [0.4, 0.5) is 5.82 Å². The summed E-state index contributed by atoms with van der Waals surface area (Å²) in [5.74, 6) is -0.622. The zero-order chi connectivity index (χ0) is 12.5. The van der Waals surface area contributed by atoms with E-state index in [9.17, 15) is 4.79 Å². The summed E-state index contributed by atoms with van der Waals surface area (Å²) >= 11 is 5.78. The van der Waals surface area contributed by atoms with Crippen LogP contribution >= 0.6 is 11.6 Å². The molecule has 2 rings (SSSR count). The van der Waals surface area contributed by atoms with Crippen LogP contribution in [-0.2, 0) is 0 Å². The third-order valence-electron chi connectivity index (χ3n) is 3.43. The van der Waals surface area contributed by atoms with Gasteiger partial charge in [-0.25, -0.2) is 9.78 Å². The molecule has 2 N–H and O–H groups in total. The number of nitrogens with one attached hydrogen (secondary N) is 1. The van der Waals surface area contributed by atoms with Crippen LogP contribution in [0.3, 0.4) is 0 Å². The molecule has 1 heterocycles. The molecule has 0 spiro atoms. The lowest BCUT2D eigenvalue weighted by atomic mass is 10.0. The highest BCUT2D eigenvalue weighted by atomic mass is 35.5. The van der Waals surface area contributed by atoms with Crippen molar-refractivity contribution in [2.75, 3.05) is 11.9 Å². The smallest absolute Gasteiger partial charge is 0.339 e. The van der Waals surface area contributed by atoms with Crippen molar-refractivity contribution in [3.8, 4) is 0 Å². The lowest BCUT2D eigenvalue weighted by Gasteiger charge is -2.15. The third kappa shape index (κ3) is 2.69. The number of aromatic carboxylic acids is 1. The van der Waals surface area contributed by atoms with E-state index < -0.39 is 5.97 Å². The van der Waals surface area contributed by atoms with E-state index in [2.05, 4.69) is 17.2 Å². The Morgan fingerprint density at radius 3 is 2.82 bits per heavy atom. The SMILES string of the molecule is CCC1(CNc2nc(Cl)ccc2C(=O)O)CC1. The summed E-state index contributed by atoms with van der Waals surface area (Å²) in [7, 11) is 0. The largest absolute Gasteiger partial charge is 0.478 e. The highest BCUT2D eigenvalue weighted by molar-refractivity contribution is 6.29. The van der Waals surface area contributed by atoms with Crippen LogP contribution in [0.2, 0.25) is 5.15 Å². The van der Waals surface area contributed by atoms with E-state index in [4.69, 9.17) is 16.7 Å². The van der Waals surface area contributed by atoms with E-state index in [1.54, 1.807) is 0 Å². The van der Waals surface area contributed by atoms with Crippen molar-refractivity contribution in [2.24, 2.45) is 5.41 Å². The number of halogens is 1. The van der Waals surface area contributed by atoms with E-state index in [0.29, 0.717) is 16.4 Å². The molecule has 17 heavy (non-hydrogen) atoms. The molecule has 1 aliphatic rings. The topological polar surface area (TPSA) is 62.2 Å². The first-order valence-electron chi connectivity index (χ1n) is 5.70. The summed E-state index contributed by atoms with van der Waals surface area (Å²) < 4.78 is 0. The maximum Gasteiger partial charge on any atom is 0.339 e. The molecule has 5 heteroatoms. The van der Waals surface area contributed by atoms with Crippen LogP contribution in [0, 0.1) is 5.41 Å². The van der Waals surface area contributed by atoms with Crippen molar-refractivity contribution in [1.29, 1.82) is 0 Å². The highest BCUT2D eigenvalue weighted by Gasteiger charge is 2.40. The molecule has 1 aromatic heterocycles. The second kappa shape index (κ2) is 4.53. The minimum atomic E-state index is -0.988. The number of hydrogen-bond acceptors (Lipinski definition) is 3. The molecule has 0 aromatic carbocycles. The van der Waals surface area contributed by atoms with Crippen molar-refractivity contribution >= 4 is 23.4 Å². The molecule has 1 saturated carbocycles. The van der Waals surface area contributed by atoms with Gasteiger partial charge in [0, 0.05) is 6.54 Å². The molecule has 0 atom stereocenters. The normalized spacial score (nSPS) is 16.6. The Morgan fingerprint density at radius 1 is 1.59 bits per heavy atom. The molecule has 0 aliphatic heterocycles. The number of nitrogens with zero attached hydrogens (tertiary/aromatic N) is 1. The summed E-state index contributed by atoms with van der Waals surface area (Å²) in [6, 6.07) is 2.97. The molecule has 1 aliphatic carbocycles. The zero-order valence-electron chi connectivity index (χ0n) is 9.66. The van der Waals surface area contributed by atoms with E-state index in [1.165, 1.54) is 25.0 Å². The Bertz CT molecular complexity index is 444. The van der Waals surface area contributed by atoms with Gasteiger partial charge in [-0.2, -0.15) is 0 Å². The number of anilines is 1. The van der Waals surface area contributed by atoms with Crippen molar-refractivity contribution in [3.05, 3.63) is 22.8 Å². The predicted octanol–water partition coefficient (Wildman–Crippen LogP) is 3.04. The quantitative estimate of drug-likeness (QED) is 0.793. The molecule has 0 unspecified atom stereocenters. The summed E-state index contributed by atoms with van der Waals surface area (Å²) in [6.07, 6.45) is 3.49. The lowest BCUT2D eigenvalue weighted by Crippen LogP contribution is -2.17.